The number of carbonyl (C=O) groups is 1. The molecule has 4 nitrogen and oxygen atoms in total. The van der Waals surface area contributed by atoms with Gasteiger partial charge in [-0.25, -0.2) is 0 Å². The summed E-state index contributed by atoms with van der Waals surface area (Å²) in [6.45, 7) is 9.14. The van der Waals surface area contributed by atoms with E-state index in [1.54, 1.807) is 0 Å². The van der Waals surface area contributed by atoms with Gasteiger partial charge in [0.25, 0.3) is 0 Å². The quantitative estimate of drug-likeness (QED) is 0.670. The van der Waals surface area contributed by atoms with Crippen molar-refractivity contribution in [2.75, 3.05) is 26.7 Å². The lowest BCUT2D eigenvalue weighted by atomic mass is 10.2. The first-order valence-corrected chi connectivity index (χ1v) is 7.29. The molecule has 1 saturated heterocycles. The fraction of sp³-hybridized carbons (Fsp3) is 0.929. The molecule has 0 aromatic carbocycles. The molecular weight excluding hydrogens is 226 g/mol. The topological polar surface area (TPSA) is 35.6 Å². The van der Waals surface area contributed by atoms with E-state index in [2.05, 4.69) is 38.0 Å². The van der Waals surface area contributed by atoms with E-state index in [0.717, 1.165) is 38.8 Å². The van der Waals surface area contributed by atoms with E-state index in [1.165, 1.54) is 0 Å². The maximum Gasteiger partial charge on any atom is 0.237 e. The van der Waals surface area contributed by atoms with E-state index in [1.807, 2.05) is 4.90 Å². The average molecular weight is 255 g/mol. The Morgan fingerprint density at radius 3 is 2.78 bits per heavy atom. The van der Waals surface area contributed by atoms with Crippen LogP contribution in [0.3, 0.4) is 0 Å². The number of nitrogens with zero attached hydrogens (tertiary/aromatic N) is 2. The monoisotopic (exact) mass is 255 g/mol. The minimum atomic E-state index is 0.269. The molecule has 0 aliphatic carbocycles. The van der Waals surface area contributed by atoms with Crippen LogP contribution in [0.15, 0.2) is 0 Å². The molecule has 0 aromatic rings. The second-order valence-electron chi connectivity index (χ2n) is 5.55. The Bertz CT molecular complexity index is 255. The molecule has 1 rings (SSSR count). The zero-order valence-corrected chi connectivity index (χ0v) is 12.4. The lowest BCUT2D eigenvalue weighted by Crippen LogP contribution is -2.38. The summed E-state index contributed by atoms with van der Waals surface area (Å²) in [4.78, 5) is 16.1. The molecule has 1 N–H and O–H groups in total. The third-order valence-corrected chi connectivity index (χ3v) is 3.79. The number of unbranched alkanes of at least 4 members (excludes halogenated alkanes) is 1. The third kappa shape index (κ3) is 4.58. The van der Waals surface area contributed by atoms with Gasteiger partial charge < -0.3 is 9.80 Å². The van der Waals surface area contributed by atoms with Gasteiger partial charge >= 0.3 is 0 Å². The Morgan fingerprint density at radius 2 is 2.17 bits per heavy atom. The normalized spacial score (nSPS) is 20.4. The summed E-state index contributed by atoms with van der Waals surface area (Å²) < 4.78 is 0. The molecule has 0 aromatic heterocycles. The van der Waals surface area contributed by atoms with E-state index < -0.39 is 0 Å². The number of hydrogen-bond acceptors (Lipinski definition) is 3. The first kappa shape index (κ1) is 15.4. The lowest BCUT2D eigenvalue weighted by molar-refractivity contribution is -0.128. The van der Waals surface area contributed by atoms with Crippen LogP contribution in [0.1, 0.15) is 46.5 Å². The summed E-state index contributed by atoms with van der Waals surface area (Å²) in [5, 5.41) is 3.29. The van der Waals surface area contributed by atoms with Gasteiger partial charge in [0.05, 0.1) is 12.7 Å². The van der Waals surface area contributed by atoms with E-state index in [0.29, 0.717) is 12.6 Å². The van der Waals surface area contributed by atoms with Crippen molar-refractivity contribution in [2.24, 2.45) is 0 Å². The Hall–Kier alpha value is -0.610. The maximum absolute atomic E-state index is 11.7. The van der Waals surface area contributed by atoms with E-state index in [-0.39, 0.29) is 12.1 Å². The molecular formula is C14H29N3O. The molecule has 0 bridgehead atoms. The number of carbonyl (C=O) groups excluding carboxylic acids is 1. The number of amides is 1. The molecule has 4 heteroatoms. The molecule has 106 valence electrons. The zero-order valence-electron chi connectivity index (χ0n) is 12.4. The van der Waals surface area contributed by atoms with Crippen LogP contribution in [0.5, 0.6) is 0 Å². The first-order valence-electron chi connectivity index (χ1n) is 7.29. The van der Waals surface area contributed by atoms with Crippen molar-refractivity contribution in [2.45, 2.75) is 58.7 Å². The van der Waals surface area contributed by atoms with Crippen molar-refractivity contribution >= 4 is 5.91 Å². The van der Waals surface area contributed by atoms with Gasteiger partial charge in [-0.3, -0.25) is 10.1 Å². The molecule has 1 amide bonds. The number of nitrogens with one attached hydrogen (secondary N) is 1. The lowest BCUT2D eigenvalue weighted by Gasteiger charge is -2.25. The minimum absolute atomic E-state index is 0.269. The van der Waals surface area contributed by atoms with Crippen LogP contribution in [0.2, 0.25) is 0 Å². The molecule has 0 saturated carbocycles. The van der Waals surface area contributed by atoms with Crippen LogP contribution in [-0.4, -0.2) is 54.6 Å². The summed E-state index contributed by atoms with van der Waals surface area (Å²) in [7, 11) is 2.16. The first-order chi connectivity index (χ1) is 8.56. The van der Waals surface area contributed by atoms with Gasteiger partial charge in [-0.15, -0.1) is 0 Å². The minimum Gasteiger partial charge on any atom is -0.326 e. The summed E-state index contributed by atoms with van der Waals surface area (Å²) in [6, 6.07) is 0.605. The number of hydrogen-bond donors (Lipinski definition) is 1. The summed E-state index contributed by atoms with van der Waals surface area (Å²) in [5.74, 6) is 0.269. The zero-order chi connectivity index (χ0) is 13.5. The molecule has 1 aliphatic heterocycles. The van der Waals surface area contributed by atoms with E-state index >= 15 is 0 Å². The van der Waals surface area contributed by atoms with Gasteiger partial charge in [0.2, 0.25) is 5.91 Å². The van der Waals surface area contributed by atoms with Gasteiger partial charge in [0.15, 0.2) is 0 Å². The van der Waals surface area contributed by atoms with Gasteiger partial charge in [-0.1, -0.05) is 13.3 Å². The summed E-state index contributed by atoms with van der Waals surface area (Å²) >= 11 is 0. The predicted molar refractivity (Wildman–Crippen MR) is 75.4 cm³/mol. The van der Waals surface area contributed by atoms with Crippen LogP contribution in [0, 0.1) is 0 Å². The van der Waals surface area contributed by atoms with Gasteiger partial charge in [0, 0.05) is 12.6 Å². The molecule has 0 spiro atoms. The van der Waals surface area contributed by atoms with Crippen molar-refractivity contribution in [1.29, 1.82) is 0 Å². The molecule has 1 atom stereocenters. The maximum atomic E-state index is 11.7. The second kappa shape index (κ2) is 7.74. The highest BCUT2D eigenvalue weighted by molar-refractivity contribution is 5.80. The highest BCUT2D eigenvalue weighted by atomic mass is 16.2. The summed E-state index contributed by atoms with van der Waals surface area (Å²) in [6.07, 6.45) is 4.74. The van der Waals surface area contributed by atoms with Crippen LogP contribution in [0.4, 0.5) is 0 Å². The SMILES string of the molecule is CCCC1NCC(=O)N1CCCCN(C)C(C)C. The van der Waals surface area contributed by atoms with Crippen LogP contribution >= 0.6 is 0 Å². The van der Waals surface area contributed by atoms with Crippen molar-refractivity contribution in [3.63, 3.8) is 0 Å². The van der Waals surface area contributed by atoms with Crippen LogP contribution in [0.25, 0.3) is 0 Å². The van der Waals surface area contributed by atoms with Crippen LogP contribution in [-0.2, 0) is 4.79 Å². The van der Waals surface area contributed by atoms with Gasteiger partial charge in [-0.05, 0) is 46.7 Å². The molecule has 1 unspecified atom stereocenters. The molecule has 1 heterocycles. The van der Waals surface area contributed by atoms with E-state index in [9.17, 15) is 4.79 Å². The smallest absolute Gasteiger partial charge is 0.237 e. The molecule has 1 aliphatic rings. The van der Waals surface area contributed by atoms with Gasteiger partial charge in [0.1, 0.15) is 0 Å². The van der Waals surface area contributed by atoms with Crippen molar-refractivity contribution in [3.05, 3.63) is 0 Å². The fourth-order valence-corrected chi connectivity index (χ4v) is 2.30. The molecule has 18 heavy (non-hydrogen) atoms. The highest BCUT2D eigenvalue weighted by Gasteiger charge is 2.28. The Kier molecular flexibility index (Phi) is 6.65. The second-order valence-corrected chi connectivity index (χ2v) is 5.55. The van der Waals surface area contributed by atoms with Crippen LogP contribution < -0.4 is 5.32 Å². The van der Waals surface area contributed by atoms with Crippen molar-refractivity contribution in [1.82, 2.24) is 15.1 Å². The number of rotatable bonds is 8. The Labute approximate surface area is 112 Å². The Balaban J connectivity index is 2.22. The highest BCUT2D eigenvalue weighted by Crippen LogP contribution is 2.12. The fourth-order valence-electron chi connectivity index (χ4n) is 2.30. The van der Waals surface area contributed by atoms with E-state index in [4.69, 9.17) is 0 Å². The van der Waals surface area contributed by atoms with Gasteiger partial charge in [-0.2, -0.15) is 0 Å². The standard InChI is InChI=1S/C14H29N3O/c1-5-8-13-15-11-14(18)17(13)10-7-6-9-16(4)12(2)3/h12-13,15H,5-11H2,1-4H3. The average Bonchev–Trinajstić information content (AvgIpc) is 2.66. The largest absolute Gasteiger partial charge is 0.326 e. The predicted octanol–water partition coefficient (Wildman–Crippen LogP) is 1.66. The van der Waals surface area contributed by atoms with Crippen molar-refractivity contribution in [3.8, 4) is 0 Å². The third-order valence-electron chi connectivity index (χ3n) is 3.79. The Morgan fingerprint density at radius 1 is 1.44 bits per heavy atom. The van der Waals surface area contributed by atoms with Crippen molar-refractivity contribution < 1.29 is 4.79 Å². The summed E-state index contributed by atoms with van der Waals surface area (Å²) in [5.41, 5.74) is 0. The molecule has 0 radical (unpaired) electrons. The molecule has 1 fully saturated rings.